The van der Waals surface area contributed by atoms with Crippen LogP contribution in [-0.4, -0.2) is 36.8 Å². The molecule has 3 rings (SSSR count). The van der Waals surface area contributed by atoms with Crippen LogP contribution in [0.15, 0.2) is 53.4 Å². The van der Waals surface area contributed by atoms with E-state index in [1.807, 2.05) is 19.2 Å². The van der Waals surface area contributed by atoms with Gasteiger partial charge in [-0.05, 0) is 73.8 Å². The molecule has 0 bridgehead atoms. The summed E-state index contributed by atoms with van der Waals surface area (Å²) in [5.74, 6) is 1.12. The molecule has 0 aliphatic heterocycles. The van der Waals surface area contributed by atoms with Gasteiger partial charge in [-0.1, -0.05) is 6.07 Å². The lowest BCUT2D eigenvalue weighted by atomic mass is 10.1. The average Bonchev–Trinajstić information content (AvgIpc) is 3.33. The fourth-order valence-electron chi connectivity index (χ4n) is 3.37. The Labute approximate surface area is 216 Å². The number of hydrogen-bond acceptors (Lipinski definition) is 8. The van der Waals surface area contributed by atoms with E-state index in [2.05, 4.69) is 21.7 Å². The van der Waals surface area contributed by atoms with E-state index in [1.165, 1.54) is 5.56 Å². The van der Waals surface area contributed by atoms with Crippen molar-refractivity contribution in [3.8, 4) is 11.5 Å². The van der Waals surface area contributed by atoms with E-state index in [4.69, 9.17) is 18.5 Å². The first-order valence-corrected chi connectivity index (χ1v) is 14.6. The molecule has 0 fully saturated rings. The van der Waals surface area contributed by atoms with E-state index in [0.29, 0.717) is 35.1 Å². The Morgan fingerprint density at radius 2 is 1.81 bits per heavy atom. The van der Waals surface area contributed by atoms with E-state index in [-0.39, 0.29) is 31.4 Å². The standard InChI is InChI=1S/C26H33N2O6PS/c1-5-32-35(30,33-6-2)17-21-7-8-25(27-16-21)28-26(29)22-13-23(15-24(14-22)34-19(3)4)31-11-9-20-10-12-36-18-20/h7-8,10,12-16,18-19H,5-6,9,11,17H2,1-4H3,(H,27,28,29). The number of benzene rings is 1. The molecule has 0 aliphatic rings. The Morgan fingerprint density at radius 3 is 2.42 bits per heavy atom. The van der Waals surface area contributed by atoms with E-state index in [9.17, 15) is 9.36 Å². The highest BCUT2D eigenvalue weighted by molar-refractivity contribution is 7.53. The van der Waals surface area contributed by atoms with Crippen LogP contribution in [-0.2, 0) is 26.2 Å². The van der Waals surface area contributed by atoms with E-state index >= 15 is 0 Å². The summed E-state index contributed by atoms with van der Waals surface area (Å²) in [5, 5.41) is 6.92. The number of anilines is 1. The molecular weight excluding hydrogens is 499 g/mol. The second kappa shape index (κ2) is 13.6. The Morgan fingerprint density at radius 1 is 1.06 bits per heavy atom. The summed E-state index contributed by atoms with van der Waals surface area (Å²) in [4.78, 5) is 17.3. The number of nitrogens with one attached hydrogen (secondary N) is 1. The van der Waals surface area contributed by atoms with Gasteiger partial charge < -0.3 is 23.8 Å². The number of rotatable bonds is 14. The highest BCUT2D eigenvalue weighted by Crippen LogP contribution is 2.51. The number of pyridine rings is 1. The van der Waals surface area contributed by atoms with Crippen LogP contribution in [0, 0.1) is 0 Å². The molecule has 2 heterocycles. The van der Waals surface area contributed by atoms with Gasteiger partial charge in [0.2, 0.25) is 0 Å². The molecule has 36 heavy (non-hydrogen) atoms. The number of amides is 1. The van der Waals surface area contributed by atoms with Crippen molar-refractivity contribution < 1.29 is 27.9 Å². The molecule has 1 amide bonds. The maximum Gasteiger partial charge on any atom is 0.335 e. The van der Waals surface area contributed by atoms with Crippen molar-refractivity contribution in [2.45, 2.75) is 46.4 Å². The minimum absolute atomic E-state index is 0.0551. The predicted octanol–water partition coefficient (Wildman–Crippen LogP) is 6.57. The highest BCUT2D eigenvalue weighted by Gasteiger charge is 2.24. The summed E-state index contributed by atoms with van der Waals surface area (Å²) in [5.41, 5.74) is 2.29. The Hall–Kier alpha value is -2.71. The van der Waals surface area contributed by atoms with Crippen molar-refractivity contribution >= 4 is 30.7 Å². The van der Waals surface area contributed by atoms with Gasteiger partial charge in [0.1, 0.15) is 17.3 Å². The second-order valence-electron chi connectivity index (χ2n) is 8.20. The third kappa shape index (κ3) is 8.75. The van der Waals surface area contributed by atoms with Gasteiger partial charge in [-0.25, -0.2) is 4.98 Å². The molecule has 0 spiro atoms. The van der Waals surface area contributed by atoms with Gasteiger partial charge in [0.05, 0.1) is 32.1 Å². The molecule has 0 saturated heterocycles. The van der Waals surface area contributed by atoms with Crippen molar-refractivity contribution in [1.82, 2.24) is 4.98 Å². The molecule has 8 nitrogen and oxygen atoms in total. The second-order valence-corrected chi connectivity index (χ2v) is 11.0. The number of thiophene rings is 1. The van der Waals surface area contributed by atoms with Crippen molar-refractivity contribution in [2.24, 2.45) is 0 Å². The summed E-state index contributed by atoms with van der Waals surface area (Å²) in [6.07, 6.45) is 2.38. The first-order chi connectivity index (χ1) is 17.3. The maximum absolute atomic E-state index is 13.0. The van der Waals surface area contributed by atoms with Crippen LogP contribution in [0.3, 0.4) is 0 Å². The zero-order valence-corrected chi connectivity index (χ0v) is 22.8. The lowest BCUT2D eigenvalue weighted by Gasteiger charge is -2.17. The van der Waals surface area contributed by atoms with Gasteiger partial charge in [-0.3, -0.25) is 9.36 Å². The monoisotopic (exact) mass is 532 g/mol. The van der Waals surface area contributed by atoms with Crippen LogP contribution in [0.5, 0.6) is 11.5 Å². The van der Waals surface area contributed by atoms with Crippen LogP contribution in [0.25, 0.3) is 0 Å². The number of nitrogens with zero attached hydrogens (tertiary/aromatic N) is 1. The number of hydrogen-bond donors (Lipinski definition) is 1. The molecule has 0 radical (unpaired) electrons. The average molecular weight is 533 g/mol. The molecule has 194 valence electrons. The summed E-state index contributed by atoms with van der Waals surface area (Å²) in [6.45, 7) is 8.44. The van der Waals surface area contributed by atoms with E-state index < -0.39 is 7.60 Å². The van der Waals surface area contributed by atoms with Gasteiger partial charge >= 0.3 is 7.60 Å². The zero-order chi connectivity index (χ0) is 26.0. The van der Waals surface area contributed by atoms with Gasteiger partial charge in [0, 0.05) is 24.2 Å². The van der Waals surface area contributed by atoms with E-state index in [0.717, 1.165) is 6.42 Å². The molecule has 1 N–H and O–H groups in total. The minimum Gasteiger partial charge on any atom is -0.493 e. The lowest BCUT2D eigenvalue weighted by Crippen LogP contribution is -2.14. The molecule has 10 heteroatoms. The van der Waals surface area contributed by atoms with Crippen LogP contribution in [0.4, 0.5) is 5.82 Å². The smallest absolute Gasteiger partial charge is 0.335 e. The minimum atomic E-state index is -3.23. The third-order valence-electron chi connectivity index (χ3n) is 4.85. The molecule has 3 aromatic rings. The summed E-state index contributed by atoms with van der Waals surface area (Å²) >= 11 is 1.65. The number of aromatic nitrogens is 1. The molecule has 2 aromatic heterocycles. The summed E-state index contributed by atoms with van der Waals surface area (Å²) < 4.78 is 35.2. The van der Waals surface area contributed by atoms with Crippen molar-refractivity contribution in [3.63, 3.8) is 0 Å². The molecule has 0 saturated carbocycles. The fraction of sp³-hybridized carbons (Fsp3) is 0.385. The first kappa shape index (κ1) is 27.9. The Kier molecular flexibility index (Phi) is 10.5. The topological polar surface area (TPSA) is 96.0 Å². The van der Waals surface area contributed by atoms with Gasteiger partial charge in [0.15, 0.2) is 0 Å². The van der Waals surface area contributed by atoms with Gasteiger partial charge in [-0.2, -0.15) is 11.3 Å². The van der Waals surface area contributed by atoms with E-state index in [1.54, 1.807) is 61.7 Å². The number of carbonyl (C=O) groups excluding carboxylic acids is 1. The quantitative estimate of drug-likeness (QED) is 0.235. The molecule has 0 atom stereocenters. The third-order valence-corrected chi connectivity index (χ3v) is 7.64. The first-order valence-electron chi connectivity index (χ1n) is 11.9. The Balaban J connectivity index is 1.69. The summed E-state index contributed by atoms with van der Waals surface area (Å²) in [6, 6.07) is 10.6. The zero-order valence-electron chi connectivity index (χ0n) is 21.1. The molecule has 0 aliphatic carbocycles. The normalized spacial score (nSPS) is 11.5. The largest absolute Gasteiger partial charge is 0.493 e. The van der Waals surface area contributed by atoms with Crippen molar-refractivity contribution in [2.75, 3.05) is 25.1 Å². The molecule has 1 aromatic carbocycles. The number of ether oxygens (including phenoxy) is 2. The SMILES string of the molecule is CCOP(=O)(Cc1ccc(NC(=O)c2cc(OCCc3ccsc3)cc(OC(C)C)c2)nc1)OCC. The van der Waals surface area contributed by atoms with Crippen LogP contribution in [0.1, 0.15) is 49.2 Å². The molecule has 0 unspecified atom stereocenters. The van der Waals surface area contributed by atoms with Gasteiger partial charge in [0.25, 0.3) is 5.91 Å². The summed E-state index contributed by atoms with van der Waals surface area (Å²) in [7, 11) is -3.23. The maximum atomic E-state index is 13.0. The van der Waals surface area contributed by atoms with Crippen LogP contribution < -0.4 is 14.8 Å². The van der Waals surface area contributed by atoms with Crippen molar-refractivity contribution in [1.29, 1.82) is 0 Å². The van der Waals surface area contributed by atoms with Crippen molar-refractivity contribution in [3.05, 3.63) is 70.0 Å². The fourth-order valence-corrected chi connectivity index (χ4v) is 5.76. The van der Waals surface area contributed by atoms with Crippen LogP contribution in [0.2, 0.25) is 0 Å². The lowest BCUT2D eigenvalue weighted by molar-refractivity contribution is 0.102. The highest BCUT2D eigenvalue weighted by atomic mass is 32.1. The number of carbonyl (C=O) groups is 1. The molecular formula is C26H33N2O6PS. The van der Waals surface area contributed by atoms with Crippen LogP contribution >= 0.6 is 18.9 Å². The van der Waals surface area contributed by atoms with Gasteiger partial charge in [-0.15, -0.1) is 0 Å². The predicted molar refractivity (Wildman–Crippen MR) is 142 cm³/mol. The Bertz CT molecular complexity index is 1140.